The van der Waals surface area contributed by atoms with Crippen molar-refractivity contribution in [3.8, 4) is 0 Å². The van der Waals surface area contributed by atoms with E-state index in [0.29, 0.717) is 0 Å². The predicted octanol–water partition coefficient (Wildman–Crippen LogP) is 3.04. The molecule has 0 fully saturated rings. The second-order valence-corrected chi connectivity index (χ2v) is 16.8. The summed E-state index contributed by atoms with van der Waals surface area (Å²) >= 11 is -2.00. The summed E-state index contributed by atoms with van der Waals surface area (Å²) in [6.45, 7) is 0.792. The Kier molecular flexibility index (Phi) is 3.59. The van der Waals surface area contributed by atoms with Crippen molar-refractivity contribution in [2.24, 2.45) is 0 Å². The first-order valence-electron chi connectivity index (χ1n) is 4.26. The maximum atomic E-state index is 5.83. The van der Waals surface area contributed by atoms with Gasteiger partial charge in [-0.25, -0.2) is 0 Å². The molecule has 0 saturated heterocycles. The van der Waals surface area contributed by atoms with E-state index in [2.05, 4.69) is 39.1 Å². The van der Waals surface area contributed by atoms with Crippen LogP contribution in [-0.2, 0) is 9.68 Å². The molecule has 0 spiro atoms. The van der Waals surface area contributed by atoms with E-state index in [0.717, 1.165) is 6.61 Å². The standard InChI is InChI=1S/C7H7O.3CH3.Sn/c8-6-7-4-2-1-3-5-7;;;;/h1-5H,6H2;3*1H3;/q-1;;;;+1. The van der Waals surface area contributed by atoms with E-state index in [-0.39, 0.29) is 0 Å². The van der Waals surface area contributed by atoms with E-state index >= 15 is 0 Å². The molecule has 2 heteroatoms. The van der Waals surface area contributed by atoms with E-state index in [1.807, 2.05) is 6.07 Å². The molecule has 1 nitrogen and oxygen atoms in total. The van der Waals surface area contributed by atoms with Gasteiger partial charge in [-0.2, -0.15) is 0 Å². The molecular formula is C10H16OSn. The quantitative estimate of drug-likeness (QED) is 0.768. The molecule has 66 valence electrons. The zero-order valence-corrected chi connectivity index (χ0v) is 10.9. The van der Waals surface area contributed by atoms with Gasteiger partial charge >= 0.3 is 79.2 Å². The third-order valence-corrected chi connectivity index (χ3v) is 4.40. The van der Waals surface area contributed by atoms with Crippen molar-refractivity contribution in [2.75, 3.05) is 0 Å². The summed E-state index contributed by atoms with van der Waals surface area (Å²) in [5.41, 5.74) is 1.28. The van der Waals surface area contributed by atoms with Crippen LogP contribution in [0, 0.1) is 0 Å². The Labute approximate surface area is 79.2 Å². The molecule has 0 aliphatic heterocycles. The summed E-state index contributed by atoms with van der Waals surface area (Å²) in [6, 6.07) is 10.4. The molecule has 0 amide bonds. The van der Waals surface area contributed by atoms with Gasteiger partial charge in [-0.05, 0) is 0 Å². The van der Waals surface area contributed by atoms with Gasteiger partial charge in [-0.3, -0.25) is 0 Å². The zero-order valence-electron chi connectivity index (χ0n) is 8.00. The first-order valence-corrected chi connectivity index (χ1v) is 14.0. The molecule has 0 saturated carbocycles. The molecule has 0 unspecified atom stereocenters. The Morgan fingerprint density at radius 2 is 1.67 bits per heavy atom. The molecule has 0 radical (unpaired) electrons. The van der Waals surface area contributed by atoms with Crippen LogP contribution in [0.2, 0.25) is 14.8 Å². The van der Waals surface area contributed by atoms with Gasteiger partial charge in [0.25, 0.3) is 0 Å². The Bertz CT molecular complexity index is 225. The molecular weight excluding hydrogens is 255 g/mol. The van der Waals surface area contributed by atoms with Gasteiger partial charge < -0.3 is 0 Å². The van der Waals surface area contributed by atoms with Crippen LogP contribution < -0.4 is 0 Å². The van der Waals surface area contributed by atoms with Crippen LogP contribution in [0.25, 0.3) is 0 Å². The van der Waals surface area contributed by atoms with Crippen LogP contribution in [0.15, 0.2) is 30.3 Å². The van der Waals surface area contributed by atoms with Crippen molar-refractivity contribution in [1.82, 2.24) is 0 Å². The average molecular weight is 271 g/mol. The number of hydrogen-bond donors (Lipinski definition) is 0. The summed E-state index contributed by atoms with van der Waals surface area (Å²) in [5, 5.41) is 0. The Balaban J connectivity index is 2.44. The molecule has 0 atom stereocenters. The molecule has 0 aromatic heterocycles. The number of benzene rings is 1. The number of hydrogen-bond acceptors (Lipinski definition) is 1. The topological polar surface area (TPSA) is 9.23 Å². The van der Waals surface area contributed by atoms with Gasteiger partial charge in [0.1, 0.15) is 0 Å². The minimum atomic E-state index is -2.00. The number of rotatable bonds is 3. The summed E-state index contributed by atoms with van der Waals surface area (Å²) in [6.07, 6.45) is 0. The van der Waals surface area contributed by atoms with E-state index in [1.165, 1.54) is 5.56 Å². The molecule has 0 N–H and O–H groups in total. The van der Waals surface area contributed by atoms with Gasteiger partial charge in [0.2, 0.25) is 0 Å². The summed E-state index contributed by atoms with van der Waals surface area (Å²) in [4.78, 5) is 6.83. The van der Waals surface area contributed by atoms with Crippen LogP contribution >= 0.6 is 0 Å². The monoisotopic (exact) mass is 272 g/mol. The minimum absolute atomic E-state index is 0.792. The first kappa shape index (κ1) is 10.1. The van der Waals surface area contributed by atoms with Gasteiger partial charge in [0.05, 0.1) is 0 Å². The SMILES string of the molecule is [CH3][Sn]([CH3])([CH3])[O]Cc1ccccc1. The predicted molar refractivity (Wildman–Crippen MR) is 54.6 cm³/mol. The van der Waals surface area contributed by atoms with Gasteiger partial charge in [0, 0.05) is 0 Å². The van der Waals surface area contributed by atoms with Crippen molar-refractivity contribution < 1.29 is 3.07 Å². The summed E-state index contributed by atoms with van der Waals surface area (Å²) < 4.78 is 5.83. The third kappa shape index (κ3) is 4.12. The van der Waals surface area contributed by atoms with Crippen LogP contribution in [0.4, 0.5) is 0 Å². The van der Waals surface area contributed by atoms with Crippen LogP contribution in [-0.4, -0.2) is 18.8 Å². The van der Waals surface area contributed by atoms with Gasteiger partial charge in [-0.15, -0.1) is 0 Å². The van der Waals surface area contributed by atoms with E-state index < -0.39 is 18.8 Å². The van der Waals surface area contributed by atoms with Crippen molar-refractivity contribution in [2.45, 2.75) is 21.4 Å². The fourth-order valence-electron chi connectivity index (χ4n) is 0.874. The molecule has 0 aliphatic rings. The second-order valence-electron chi connectivity index (χ2n) is 3.89. The van der Waals surface area contributed by atoms with E-state index in [4.69, 9.17) is 3.07 Å². The average Bonchev–Trinajstić information content (AvgIpc) is 2.02. The first-order chi connectivity index (χ1) is 5.58. The molecule has 1 aromatic carbocycles. The molecule has 12 heavy (non-hydrogen) atoms. The van der Waals surface area contributed by atoms with Crippen LogP contribution in [0.5, 0.6) is 0 Å². The third-order valence-electron chi connectivity index (χ3n) is 1.51. The van der Waals surface area contributed by atoms with Crippen LogP contribution in [0.3, 0.4) is 0 Å². The van der Waals surface area contributed by atoms with Crippen molar-refractivity contribution >= 4 is 18.8 Å². The summed E-state index contributed by atoms with van der Waals surface area (Å²) in [7, 11) is 0. The Morgan fingerprint density at radius 1 is 1.08 bits per heavy atom. The van der Waals surface area contributed by atoms with E-state index in [9.17, 15) is 0 Å². The molecule has 0 bridgehead atoms. The van der Waals surface area contributed by atoms with Crippen molar-refractivity contribution in [3.05, 3.63) is 35.9 Å². The van der Waals surface area contributed by atoms with Crippen molar-refractivity contribution in [3.63, 3.8) is 0 Å². The molecule has 1 aromatic rings. The van der Waals surface area contributed by atoms with Gasteiger partial charge in [-0.1, -0.05) is 0 Å². The summed E-state index contributed by atoms with van der Waals surface area (Å²) in [5.74, 6) is 0. The Hall–Kier alpha value is -0.0213. The molecule has 0 heterocycles. The normalized spacial score (nSPS) is 11.6. The van der Waals surface area contributed by atoms with Crippen molar-refractivity contribution in [1.29, 1.82) is 0 Å². The Morgan fingerprint density at radius 3 is 2.17 bits per heavy atom. The maximum absolute atomic E-state index is 5.83. The van der Waals surface area contributed by atoms with Gasteiger partial charge in [0.15, 0.2) is 0 Å². The fourth-order valence-corrected chi connectivity index (χ4v) is 2.59. The fraction of sp³-hybridized carbons (Fsp3) is 0.400. The molecule has 1 rings (SSSR count). The van der Waals surface area contributed by atoms with Crippen LogP contribution in [0.1, 0.15) is 5.56 Å². The van der Waals surface area contributed by atoms with E-state index in [1.54, 1.807) is 0 Å². The molecule has 0 aliphatic carbocycles. The second kappa shape index (κ2) is 4.28. The zero-order chi connectivity index (χ0) is 9.03.